The summed E-state index contributed by atoms with van der Waals surface area (Å²) in [5.41, 5.74) is 8.79. The molecule has 3 rings (SSSR count). The number of hydrogen-bond acceptors (Lipinski definition) is 3. The van der Waals surface area contributed by atoms with Crippen molar-refractivity contribution in [2.24, 2.45) is 5.92 Å². The average Bonchev–Trinajstić information content (AvgIpc) is 3.17. The van der Waals surface area contributed by atoms with E-state index < -0.39 is 0 Å². The minimum Gasteiger partial charge on any atom is -0.398 e. The van der Waals surface area contributed by atoms with Crippen LogP contribution in [-0.2, 0) is 11.3 Å². The van der Waals surface area contributed by atoms with Crippen molar-refractivity contribution in [3.63, 3.8) is 0 Å². The number of hydrogen-bond donors (Lipinski definition) is 1. The van der Waals surface area contributed by atoms with Gasteiger partial charge in [0.1, 0.15) is 0 Å². The number of anilines is 1. The lowest BCUT2D eigenvalue weighted by Gasteiger charge is -2.08. The highest BCUT2D eigenvalue weighted by atomic mass is 16.5. The third kappa shape index (κ3) is 2.24. The number of nitrogens with zero attached hydrogens (tertiary/aromatic N) is 1. The number of nitrogens with two attached hydrogens (primary N) is 1. The first-order valence-corrected chi connectivity index (χ1v) is 6.04. The Hall–Kier alpha value is -1.61. The molecule has 1 saturated carbocycles. The van der Waals surface area contributed by atoms with Gasteiger partial charge in [0.15, 0.2) is 0 Å². The maximum Gasteiger partial charge on any atom is 0.0777 e. The first-order chi connectivity index (χ1) is 8.34. The first-order valence-electron chi connectivity index (χ1n) is 6.04. The molecule has 1 aliphatic rings. The average molecular weight is 228 g/mol. The molecule has 1 aromatic heterocycles. The van der Waals surface area contributed by atoms with Gasteiger partial charge in [-0.05, 0) is 37.0 Å². The summed E-state index contributed by atoms with van der Waals surface area (Å²) in [6, 6.07) is 7.85. The molecule has 88 valence electrons. The van der Waals surface area contributed by atoms with Gasteiger partial charge in [0.25, 0.3) is 0 Å². The number of ether oxygens (including phenoxy) is 1. The fraction of sp³-hybridized carbons (Fsp3) is 0.357. The fourth-order valence-corrected chi connectivity index (χ4v) is 1.99. The predicted octanol–water partition coefficient (Wildman–Crippen LogP) is 2.74. The van der Waals surface area contributed by atoms with E-state index in [4.69, 9.17) is 10.5 Å². The molecule has 0 amide bonds. The molecular formula is C14H16N2O. The smallest absolute Gasteiger partial charge is 0.0777 e. The second kappa shape index (κ2) is 4.34. The van der Waals surface area contributed by atoms with Gasteiger partial charge < -0.3 is 10.5 Å². The van der Waals surface area contributed by atoms with Crippen LogP contribution in [0.3, 0.4) is 0 Å². The minimum atomic E-state index is 0.629. The lowest BCUT2D eigenvalue weighted by molar-refractivity contribution is 0.112. The molecular weight excluding hydrogens is 212 g/mol. The van der Waals surface area contributed by atoms with Gasteiger partial charge in [0.2, 0.25) is 0 Å². The van der Waals surface area contributed by atoms with Crippen LogP contribution in [-0.4, -0.2) is 11.6 Å². The maximum absolute atomic E-state index is 5.93. The van der Waals surface area contributed by atoms with Crippen LogP contribution in [0.5, 0.6) is 0 Å². The summed E-state index contributed by atoms with van der Waals surface area (Å²) in [7, 11) is 0. The Morgan fingerprint density at radius 2 is 2.18 bits per heavy atom. The largest absolute Gasteiger partial charge is 0.398 e. The molecule has 3 heteroatoms. The van der Waals surface area contributed by atoms with Gasteiger partial charge in [-0.3, -0.25) is 4.98 Å². The highest BCUT2D eigenvalue weighted by molar-refractivity contribution is 5.92. The molecule has 1 aliphatic carbocycles. The lowest BCUT2D eigenvalue weighted by Crippen LogP contribution is -1.99. The zero-order valence-corrected chi connectivity index (χ0v) is 9.73. The van der Waals surface area contributed by atoms with Crippen LogP contribution in [0.2, 0.25) is 0 Å². The van der Waals surface area contributed by atoms with Gasteiger partial charge in [-0.25, -0.2) is 0 Å². The SMILES string of the molecule is Nc1ccc(COCC2CC2)c2ncccc12. The van der Waals surface area contributed by atoms with Crippen LogP contribution in [0, 0.1) is 5.92 Å². The van der Waals surface area contributed by atoms with E-state index in [1.165, 1.54) is 12.8 Å². The van der Waals surface area contributed by atoms with Gasteiger partial charge in [-0.2, -0.15) is 0 Å². The number of fused-ring (bicyclic) bond motifs is 1. The number of nitrogen functional groups attached to an aromatic ring is 1. The summed E-state index contributed by atoms with van der Waals surface area (Å²) in [6.07, 6.45) is 4.44. The zero-order chi connectivity index (χ0) is 11.7. The van der Waals surface area contributed by atoms with Crippen LogP contribution < -0.4 is 5.73 Å². The quantitative estimate of drug-likeness (QED) is 0.818. The summed E-state index contributed by atoms with van der Waals surface area (Å²) in [6.45, 7) is 1.50. The Morgan fingerprint density at radius 3 is 3.00 bits per heavy atom. The summed E-state index contributed by atoms with van der Waals surface area (Å²) in [5, 5.41) is 1.01. The predicted molar refractivity (Wildman–Crippen MR) is 68.5 cm³/mol. The van der Waals surface area contributed by atoms with Crippen LogP contribution in [0.4, 0.5) is 5.69 Å². The van der Waals surface area contributed by atoms with E-state index in [0.717, 1.165) is 34.7 Å². The first kappa shape index (κ1) is 10.5. The molecule has 0 unspecified atom stereocenters. The monoisotopic (exact) mass is 228 g/mol. The van der Waals surface area contributed by atoms with Crippen LogP contribution in [0.1, 0.15) is 18.4 Å². The Balaban J connectivity index is 1.84. The van der Waals surface area contributed by atoms with Crippen LogP contribution in [0.15, 0.2) is 30.5 Å². The van der Waals surface area contributed by atoms with E-state index in [1.54, 1.807) is 6.20 Å². The Bertz CT molecular complexity index is 535. The maximum atomic E-state index is 5.93. The number of aromatic nitrogens is 1. The van der Waals surface area contributed by atoms with E-state index >= 15 is 0 Å². The molecule has 1 heterocycles. The van der Waals surface area contributed by atoms with Crippen molar-refractivity contribution in [2.45, 2.75) is 19.4 Å². The molecule has 17 heavy (non-hydrogen) atoms. The van der Waals surface area contributed by atoms with Crippen molar-refractivity contribution in [3.05, 3.63) is 36.0 Å². The molecule has 0 bridgehead atoms. The second-order valence-corrected chi connectivity index (χ2v) is 4.67. The van der Waals surface area contributed by atoms with Gasteiger partial charge in [0, 0.05) is 29.4 Å². The molecule has 0 atom stereocenters. The molecule has 0 spiro atoms. The number of rotatable bonds is 4. The Labute approximate surface area is 101 Å². The molecule has 3 nitrogen and oxygen atoms in total. The molecule has 0 radical (unpaired) electrons. The second-order valence-electron chi connectivity index (χ2n) is 4.67. The lowest BCUT2D eigenvalue weighted by atomic mass is 10.1. The number of pyridine rings is 1. The standard InChI is InChI=1S/C14H16N2O/c15-13-6-5-11(9-17-8-10-3-4-10)14-12(13)2-1-7-16-14/h1-2,5-7,10H,3-4,8-9,15H2. The third-order valence-corrected chi connectivity index (χ3v) is 3.19. The van der Waals surface area contributed by atoms with Gasteiger partial charge in [0.05, 0.1) is 12.1 Å². The highest BCUT2D eigenvalue weighted by Crippen LogP contribution is 2.29. The number of benzene rings is 1. The van der Waals surface area contributed by atoms with Crippen molar-refractivity contribution >= 4 is 16.6 Å². The van der Waals surface area contributed by atoms with Crippen molar-refractivity contribution in [3.8, 4) is 0 Å². The Kier molecular flexibility index (Phi) is 2.69. The van der Waals surface area contributed by atoms with E-state index in [9.17, 15) is 0 Å². The zero-order valence-electron chi connectivity index (χ0n) is 9.73. The summed E-state index contributed by atoms with van der Waals surface area (Å²) in [5.74, 6) is 0.794. The normalized spacial score (nSPS) is 15.3. The van der Waals surface area contributed by atoms with E-state index in [-0.39, 0.29) is 0 Å². The summed E-state index contributed by atoms with van der Waals surface area (Å²) < 4.78 is 5.71. The van der Waals surface area contributed by atoms with Gasteiger partial charge in [-0.1, -0.05) is 6.07 Å². The van der Waals surface area contributed by atoms with E-state index in [0.29, 0.717) is 6.61 Å². The molecule has 2 aromatic rings. The van der Waals surface area contributed by atoms with Crippen molar-refractivity contribution in [1.82, 2.24) is 4.98 Å². The summed E-state index contributed by atoms with van der Waals surface area (Å²) in [4.78, 5) is 4.40. The molecule has 1 aromatic carbocycles. The van der Waals surface area contributed by atoms with Crippen LogP contribution in [0.25, 0.3) is 10.9 Å². The summed E-state index contributed by atoms with van der Waals surface area (Å²) >= 11 is 0. The van der Waals surface area contributed by atoms with Gasteiger partial charge >= 0.3 is 0 Å². The van der Waals surface area contributed by atoms with Crippen molar-refractivity contribution in [1.29, 1.82) is 0 Å². The molecule has 1 fully saturated rings. The van der Waals surface area contributed by atoms with Gasteiger partial charge in [-0.15, -0.1) is 0 Å². The molecule has 0 aliphatic heterocycles. The van der Waals surface area contributed by atoms with Crippen molar-refractivity contribution < 1.29 is 4.74 Å². The van der Waals surface area contributed by atoms with Crippen molar-refractivity contribution in [2.75, 3.05) is 12.3 Å². The Morgan fingerprint density at radius 1 is 1.29 bits per heavy atom. The highest BCUT2D eigenvalue weighted by Gasteiger charge is 2.21. The topological polar surface area (TPSA) is 48.1 Å². The minimum absolute atomic E-state index is 0.629. The molecule has 0 saturated heterocycles. The molecule has 2 N–H and O–H groups in total. The van der Waals surface area contributed by atoms with Crippen LogP contribution >= 0.6 is 0 Å². The van der Waals surface area contributed by atoms with E-state index in [2.05, 4.69) is 4.98 Å². The third-order valence-electron chi connectivity index (χ3n) is 3.19. The fourth-order valence-electron chi connectivity index (χ4n) is 1.99. The van der Waals surface area contributed by atoms with E-state index in [1.807, 2.05) is 24.3 Å².